The van der Waals surface area contributed by atoms with E-state index in [1.165, 1.54) is 0 Å². The molecule has 6 radical (unpaired) electrons. The van der Waals surface area contributed by atoms with Crippen molar-refractivity contribution in [3.8, 4) is 0 Å². The summed E-state index contributed by atoms with van der Waals surface area (Å²) >= 11 is 0. The Kier molecular flexibility index (Phi) is 4.04. The number of anilines is 1. The van der Waals surface area contributed by atoms with Crippen LogP contribution in [0.5, 0.6) is 0 Å². The highest BCUT2D eigenvalue weighted by Crippen LogP contribution is 2.33. The fourth-order valence-corrected chi connectivity index (χ4v) is 3.59. The van der Waals surface area contributed by atoms with Crippen LogP contribution in [0.4, 0.5) is 5.82 Å². The van der Waals surface area contributed by atoms with Crippen molar-refractivity contribution in [3.05, 3.63) is 36.5 Å². The molecule has 2 N–H and O–H groups in total. The Bertz CT molecular complexity index is 946. The molecule has 1 aliphatic rings. The average Bonchev–Trinajstić information content (AvgIpc) is 2.98. The molecular formula is C17H17B3N4O2. The molecule has 1 fully saturated rings. The Hall–Kier alpha value is -1.99. The zero-order chi connectivity index (χ0) is 18.5. The minimum atomic E-state index is -2.34. The third kappa shape index (κ3) is 2.79. The van der Waals surface area contributed by atoms with Gasteiger partial charge in [-0.15, -0.1) is 0 Å². The van der Waals surface area contributed by atoms with Crippen LogP contribution < -0.4 is 4.90 Å². The van der Waals surface area contributed by atoms with Crippen LogP contribution in [0.1, 0.15) is 12.8 Å². The predicted molar refractivity (Wildman–Crippen MR) is 103 cm³/mol. The van der Waals surface area contributed by atoms with E-state index >= 15 is 0 Å². The lowest BCUT2D eigenvalue weighted by Crippen LogP contribution is -2.62. The van der Waals surface area contributed by atoms with Crippen LogP contribution in [0.15, 0.2) is 36.5 Å². The molecule has 4 rings (SSSR count). The minimum absolute atomic E-state index is 0.406. The summed E-state index contributed by atoms with van der Waals surface area (Å²) in [6.07, 6.45) is 3.02. The topological polar surface area (TPSA) is 73.9 Å². The smallest absolute Gasteiger partial charge is 0.236 e. The van der Waals surface area contributed by atoms with Crippen molar-refractivity contribution < 1.29 is 10.2 Å². The van der Waals surface area contributed by atoms with Crippen LogP contribution in [0.3, 0.4) is 0 Å². The van der Waals surface area contributed by atoms with Crippen molar-refractivity contribution in [2.75, 3.05) is 18.0 Å². The van der Waals surface area contributed by atoms with Crippen LogP contribution in [0.2, 0.25) is 0 Å². The van der Waals surface area contributed by atoms with Gasteiger partial charge in [-0.3, -0.25) is 4.40 Å². The average molecular weight is 342 g/mol. The largest absolute Gasteiger partial charge is 0.407 e. The summed E-state index contributed by atoms with van der Waals surface area (Å²) in [5.74, 6) is 1.04. The van der Waals surface area contributed by atoms with E-state index < -0.39 is 16.8 Å². The quantitative estimate of drug-likeness (QED) is 0.653. The van der Waals surface area contributed by atoms with Crippen LogP contribution in [-0.4, -0.2) is 72.1 Å². The number of nitrogens with zero attached hydrogens (tertiary/aromatic N) is 4. The van der Waals surface area contributed by atoms with E-state index in [0.29, 0.717) is 31.7 Å². The standard InChI is InChI=1S/C17H17B3N4O2/c18-16(25,17(19,20)26)11-5-8-23(9-6-11)14-7-10-24-13-4-2-1-3-12(13)21-15(24)22-14/h1-4,7,10-11,25-26H,5-6,8-9H2. The summed E-state index contributed by atoms with van der Waals surface area (Å²) in [5, 5.41) is 17.7. The number of fused-ring (bicyclic) bond motifs is 3. The SMILES string of the molecule is [B]C([B])(O)C([B])(O)C1CCN(c2ccn3c(n2)nc2ccccc23)CC1. The van der Waals surface area contributed by atoms with Gasteiger partial charge in [-0.1, -0.05) is 12.1 Å². The molecule has 26 heavy (non-hydrogen) atoms. The fraction of sp³-hybridized carbons (Fsp3) is 0.412. The highest BCUT2D eigenvalue weighted by Gasteiger charge is 2.43. The van der Waals surface area contributed by atoms with Gasteiger partial charge in [-0.05, 0) is 37.0 Å². The van der Waals surface area contributed by atoms with Gasteiger partial charge in [0.05, 0.1) is 11.0 Å². The molecule has 6 nitrogen and oxygen atoms in total. The third-order valence-electron chi connectivity index (χ3n) is 5.25. The number of rotatable bonds is 3. The van der Waals surface area contributed by atoms with E-state index in [0.717, 1.165) is 16.9 Å². The first-order valence-electron chi connectivity index (χ1n) is 8.57. The summed E-state index contributed by atoms with van der Waals surface area (Å²) in [7, 11) is 16.6. The summed E-state index contributed by atoms with van der Waals surface area (Å²) in [4.78, 5) is 11.3. The Morgan fingerprint density at radius 3 is 2.38 bits per heavy atom. The van der Waals surface area contributed by atoms with E-state index in [4.69, 9.17) is 23.5 Å². The number of para-hydroxylation sites is 2. The lowest BCUT2D eigenvalue weighted by atomic mass is 9.45. The lowest BCUT2D eigenvalue weighted by molar-refractivity contribution is -0.0427. The first-order chi connectivity index (χ1) is 12.3. The molecule has 0 amide bonds. The first-order valence-corrected chi connectivity index (χ1v) is 8.57. The van der Waals surface area contributed by atoms with E-state index in [9.17, 15) is 10.2 Å². The van der Waals surface area contributed by atoms with Gasteiger partial charge in [0, 0.05) is 30.2 Å². The van der Waals surface area contributed by atoms with Gasteiger partial charge >= 0.3 is 0 Å². The Labute approximate surface area is 155 Å². The van der Waals surface area contributed by atoms with Crippen LogP contribution >= 0.6 is 0 Å². The van der Waals surface area contributed by atoms with Gasteiger partial charge in [0.1, 0.15) is 29.4 Å². The van der Waals surface area contributed by atoms with Gasteiger partial charge in [0.25, 0.3) is 0 Å². The lowest BCUT2D eigenvalue weighted by Gasteiger charge is -2.47. The second-order valence-corrected chi connectivity index (χ2v) is 6.97. The second-order valence-electron chi connectivity index (χ2n) is 6.97. The van der Waals surface area contributed by atoms with Gasteiger partial charge in [-0.25, -0.2) is 4.98 Å². The van der Waals surface area contributed by atoms with Crippen LogP contribution in [0.25, 0.3) is 16.8 Å². The molecule has 9 heteroatoms. The Balaban J connectivity index is 1.55. The highest BCUT2D eigenvalue weighted by atomic mass is 16.3. The molecule has 1 unspecified atom stereocenters. The van der Waals surface area contributed by atoms with E-state index in [1.807, 2.05) is 40.9 Å². The second kappa shape index (κ2) is 6.03. The van der Waals surface area contributed by atoms with Gasteiger partial charge in [0.15, 0.2) is 0 Å². The maximum absolute atomic E-state index is 10.3. The molecule has 3 heterocycles. The molecule has 3 aromatic rings. The number of hydrogen-bond donors (Lipinski definition) is 2. The fourth-order valence-electron chi connectivity index (χ4n) is 3.59. The Morgan fingerprint density at radius 2 is 1.69 bits per heavy atom. The number of piperidine rings is 1. The molecule has 2 aromatic heterocycles. The third-order valence-corrected chi connectivity index (χ3v) is 5.25. The number of benzene rings is 1. The number of aromatic nitrogens is 3. The molecular weight excluding hydrogens is 325 g/mol. The first kappa shape index (κ1) is 17.4. The van der Waals surface area contributed by atoms with E-state index in [2.05, 4.69) is 14.9 Å². The maximum Gasteiger partial charge on any atom is 0.236 e. The molecule has 1 aromatic carbocycles. The molecule has 1 saturated heterocycles. The summed E-state index contributed by atoms with van der Waals surface area (Å²) < 4.78 is 1.95. The van der Waals surface area contributed by atoms with Crippen LogP contribution in [-0.2, 0) is 0 Å². The maximum atomic E-state index is 10.3. The summed E-state index contributed by atoms with van der Waals surface area (Å²) in [5.41, 5.74) is -0.134. The molecule has 0 bridgehead atoms. The number of aliphatic hydroxyl groups is 2. The minimum Gasteiger partial charge on any atom is -0.407 e. The predicted octanol–water partition coefficient (Wildman–Crippen LogP) is -0.0609. The van der Waals surface area contributed by atoms with Gasteiger partial charge in [0.2, 0.25) is 5.78 Å². The molecule has 0 saturated carbocycles. The van der Waals surface area contributed by atoms with Crippen molar-refractivity contribution in [1.29, 1.82) is 0 Å². The van der Waals surface area contributed by atoms with E-state index in [-0.39, 0.29) is 0 Å². The molecule has 0 spiro atoms. The van der Waals surface area contributed by atoms with E-state index in [1.54, 1.807) is 0 Å². The number of hydrogen-bond acceptors (Lipinski definition) is 5. The summed E-state index contributed by atoms with van der Waals surface area (Å²) in [6.45, 7) is 1.23. The van der Waals surface area contributed by atoms with Crippen molar-refractivity contribution in [2.45, 2.75) is 23.7 Å². The zero-order valence-electron chi connectivity index (χ0n) is 14.3. The van der Waals surface area contributed by atoms with Gasteiger partial charge in [-0.2, -0.15) is 4.98 Å². The molecule has 126 valence electrons. The highest BCUT2D eigenvalue weighted by molar-refractivity contribution is 6.43. The van der Waals surface area contributed by atoms with Crippen molar-refractivity contribution in [3.63, 3.8) is 0 Å². The summed E-state index contributed by atoms with van der Waals surface area (Å²) in [6, 6.07) is 9.82. The zero-order valence-corrected chi connectivity index (χ0v) is 14.3. The number of imidazole rings is 1. The normalized spacial score (nSPS) is 19.1. The molecule has 1 aliphatic heterocycles. The van der Waals surface area contributed by atoms with Crippen molar-refractivity contribution in [2.24, 2.45) is 5.92 Å². The molecule has 0 aliphatic carbocycles. The Morgan fingerprint density at radius 1 is 1.00 bits per heavy atom. The van der Waals surface area contributed by atoms with Crippen molar-refractivity contribution in [1.82, 2.24) is 14.4 Å². The van der Waals surface area contributed by atoms with Crippen LogP contribution in [0, 0.1) is 5.92 Å². The molecule has 1 atom stereocenters. The van der Waals surface area contributed by atoms with Crippen molar-refractivity contribution >= 4 is 46.2 Å². The monoisotopic (exact) mass is 342 g/mol. The van der Waals surface area contributed by atoms with Gasteiger partial charge < -0.3 is 15.1 Å².